The molecule has 2 amide bonds. The summed E-state index contributed by atoms with van der Waals surface area (Å²) in [7, 11) is 0. The van der Waals surface area contributed by atoms with Crippen LogP contribution in [0, 0.1) is 5.41 Å². The van der Waals surface area contributed by atoms with Crippen LogP contribution < -0.4 is 5.32 Å². The van der Waals surface area contributed by atoms with E-state index in [1.165, 1.54) is 0 Å². The van der Waals surface area contributed by atoms with Crippen molar-refractivity contribution in [1.82, 2.24) is 5.32 Å². The molecule has 0 atom stereocenters. The van der Waals surface area contributed by atoms with Crippen LogP contribution in [0.25, 0.3) is 0 Å². The van der Waals surface area contributed by atoms with E-state index in [1.54, 1.807) is 20.8 Å². The molecule has 0 fully saturated rings. The lowest BCUT2D eigenvalue weighted by Gasteiger charge is -2.16. The number of hydrogen-bond donors (Lipinski definition) is 1. The van der Waals surface area contributed by atoms with Crippen molar-refractivity contribution in [2.24, 2.45) is 5.41 Å². The zero-order valence-corrected chi connectivity index (χ0v) is 10.3. The van der Waals surface area contributed by atoms with Gasteiger partial charge < -0.3 is 4.74 Å². The molecule has 1 N–H and O–H groups in total. The Kier molecular flexibility index (Phi) is 4.26. The molecule has 0 bridgehead atoms. The maximum Gasteiger partial charge on any atom is 0.414 e. The molecule has 0 aliphatic rings. The van der Waals surface area contributed by atoms with Crippen LogP contribution in [0.15, 0.2) is 30.3 Å². The Balaban J connectivity index is 2.39. The fourth-order valence-electron chi connectivity index (χ4n) is 1.04. The summed E-state index contributed by atoms with van der Waals surface area (Å²) in [4.78, 5) is 22.8. The van der Waals surface area contributed by atoms with Gasteiger partial charge in [-0.1, -0.05) is 51.1 Å². The zero-order chi connectivity index (χ0) is 12.9. The van der Waals surface area contributed by atoms with E-state index in [9.17, 15) is 9.59 Å². The summed E-state index contributed by atoms with van der Waals surface area (Å²) in [6, 6.07) is 9.29. The first-order valence-corrected chi connectivity index (χ1v) is 5.42. The van der Waals surface area contributed by atoms with Crippen molar-refractivity contribution in [3.05, 3.63) is 35.9 Å². The average molecular weight is 235 g/mol. The second kappa shape index (κ2) is 5.48. The normalized spacial score (nSPS) is 10.8. The van der Waals surface area contributed by atoms with Crippen molar-refractivity contribution in [1.29, 1.82) is 0 Å². The number of ether oxygens (including phenoxy) is 1. The molecule has 92 valence electrons. The Morgan fingerprint density at radius 2 is 1.76 bits per heavy atom. The third kappa shape index (κ3) is 4.68. The molecule has 4 heteroatoms. The van der Waals surface area contributed by atoms with Gasteiger partial charge in [-0.05, 0) is 5.56 Å². The van der Waals surface area contributed by atoms with Crippen LogP contribution in [0.5, 0.6) is 0 Å². The van der Waals surface area contributed by atoms with E-state index >= 15 is 0 Å². The lowest BCUT2D eigenvalue weighted by atomic mass is 9.96. The molecule has 0 unspecified atom stereocenters. The van der Waals surface area contributed by atoms with Crippen LogP contribution in [0.1, 0.15) is 26.3 Å². The molecule has 0 radical (unpaired) electrons. The molecule has 0 heterocycles. The third-order valence-electron chi connectivity index (χ3n) is 2.11. The molecule has 1 rings (SSSR count). The second-order valence-corrected chi connectivity index (χ2v) is 4.77. The number of imide groups is 1. The molecular formula is C13H17NO3. The van der Waals surface area contributed by atoms with Crippen LogP contribution >= 0.6 is 0 Å². The van der Waals surface area contributed by atoms with Gasteiger partial charge in [0.15, 0.2) is 0 Å². The molecule has 1 aromatic rings. The minimum Gasteiger partial charge on any atom is -0.444 e. The monoisotopic (exact) mass is 235 g/mol. The summed E-state index contributed by atoms with van der Waals surface area (Å²) in [6.45, 7) is 5.34. The number of amides is 2. The highest BCUT2D eigenvalue weighted by atomic mass is 16.5. The van der Waals surface area contributed by atoms with Crippen molar-refractivity contribution in [2.75, 3.05) is 0 Å². The van der Waals surface area contributed by atoms with E-state index in [1.807, 2.05) is 30.3 Å². The molecule has 0 aromatic heterocycles. The lowest BCUT2D eigenvalue weighted by molar-refractivity contribution is -0.127. The molecule has 1 aromatic carbocycles. The number of carbonyl (C=O) groups is 2. The van der Waals surface area contributed by atoms with E-state index in [0.717, 1.165) is 5.56 Å². The average Bonchev–Trinajstić information content (AvgIpc) is 2.26. The van der Waals surface area contributed by atoms with Gasteiger partial charge in [-0.2, -0.15) is 0 Å². The first-order chi connectivity index (χ1) is 7.89. The van der Waals surface area contributed by atoms with Gasteiger partial charge in [0.1, 0.15) is 6.61 Å². The number of benzene rings is 1. The highest BCUT2D eigenvalue weighted by molar-refractivity contribution is 5.94. The van der Waals surface area contributed by atoms with E-state index in [-0.39, 0.29) is 12.5 Å². The Labute approximate surface area is 101 Å². The van der Waals surface area contributed by atoms with Crippen LogP contribution in [-0.4, -0.2) is 12.0 Å². The summed E-state index contributed by atoms with van der Waals surface area (Å²) in [5.41, 5.74) is 0.275. The van der Waals surface area contributed by atoms with Crippen LogP contribution in [0.4, 0.5) is 4.79 Å². The molecule has 0 aliphatic carbocycles. The van der Waals surface area contributed by atoms with Gasteiger partial charge in [-0.3, -0.25) is 10.1 Å². The van der Waals surface area contributed by atoms with Crippen molar-refractivity contribution in [3.63, 3.8) is 0 Å². The van der Waals surface area contributed by atoms with Crippen molar-refractivity contribution < 1.29 is 14.3 Å². The predicted octanol–water partition coefficient (Wildman–Crippen LogP) is 2.49. The van der Waals surface area contributed by atoms with Crippen LogP contribution in [-0.2, 0) is 16.1 Å². The highest BCUT2D eigenvalue weighted by Gasteiger charge is 2.23. The number of carbonyl (C=O) groups excluding carboxylic acids is 2. The predicted molar refractivity (Wildman–Crippen MR) is 64.2 cm³/mol. The maximum absolute atomic E-state index is 11.5. The highest BCUT2D eigenvalue weighted by Crippen LogP contribution is 2.12. The van der Waals surface area contributed by atoms with Crippen molar-refractivity contribution in [3.8, 4) is 0 Å². The molecular weight excluding hydrogens is 218 g/mol. The summed E-state index contributed by atoms with van der Waals surface area (Å²) in [5, 5.41) is 2.19. The minimum absolute atomic E-state index is 0.157. The molecule has 4 nitrogen and oxygen atoms in total. The van der Waals surface area contributed by atoms with E-state index < -0.39 is 11.5 Å². The van der Waals surface area contributed by atoms with Gasteiger partial charge in [0.05, 0.1) is 0 Å². The fraction of sp³-hybridized carbons (Fsp3) is 0.385. The fourth-order valence-corrected chi connectivity index (χ4v) is 1.04. The van der Waals surface area contributed by atoms with Crippen molar-refractivity contribution >= 4 is 12.0 Å². The summed E-state index contributed by atoms with van der Waals surface area (Å²) < 4.78 is 4.92. The first-order valence-electron chi connectivity index (χ1n) is 5.42. The van der Waals surface area contributed by atoms with Gasteiger partial charge in [-0.15, -0.1) is 0 Å². The first kappa shape index (κ1) is 13.2. The lowest BCUT2D eigenvalue weighted by Crippen LogP contribution is -2.39. The van der Waals surface area contributed by atoms with Gasteiger partial charge in [0.2, 0.25) is 5.91 Å². The maximum atomic E-state index is 11.5. The van der Waals surface area contributed by atoms with E-state index in [0.29, 0.717) is 0 Å². The second-order valence-electron chi connectivity index (χ2n) is 4.77. The quantitative estimate of drug-likeness (QED) is 0.856. The Hall–Kier alpha value is -1.84. The Morgan fingerprint density at radius 3 is 2.29 bits per heavy atom. The topological polar surface area (TPSA) is 55.4 Å². The van der Waals surface area contributed by atoms with E-state index in [2.05, 4.69) is 5.32 Å². The van der Waals surface area contributed by atoms with Gasteiger partial charge in [0.25, 0.3) is 0 Å². The Morgan fingerprint density at radius 1 is 1.18 bits per heavy atom. The van der Waals surface area contributed by atoms with Gasteiger partial charge in [-0.25, -0.2) is 4.79 Å². The summed E-state index contributed by atoms with van der Waals surface area (Å²) in [5.74, 6) is -0.351. The number of alkyl carbamates (subject to hydrolysis) is 1. The zero-order valence-electron chi connectivity index (χ0n) is 10.3. The number of nitrogens with one attached hydrogen (secondary N) is 1. The number of rotatable bonds is 2. The van der Waals surface area contributed by atoms with Crippen LogP contribution in [0.2, 0.25) is 0 Å². The standard InChI is InChI=1S/C13H17NO3/c1-13(2,3)11(15)14-12(16)17-9-10-7-5-4-6-8-10/h4-8H,9H2,1-3H3,(H,14,15,16). The minimum atomic E-state index is -0.714. The SMILES string of the molecule is CC(C)(C)C(=O)NC(=O)OCc1ccccc1. The summed E-state index contributed by atoms with van der Waals surface area (Å²) in [6.07, 6.45) is -0.714. The van der Waals surface area contributed by atoms with Crippen molar-refractivity contribution in [2.45, 2.75) is 27.4 Å². The van der Waals surface area contributed by atoms with Gasteiger partial charge in [0, 0.05) is 5.41 Å². The molecule has 0 saturated heterocycles. The molecule has 17 heavy (non-hydrogen) atoms. The Bertz CT molecular complexity index is 393. The van der Waals surface area contributed by atoms with E-state index in [4.69, 9.17) is 4.74 Å². The molecule has 0 saturated carbocycles. The summed E-state index contributed by atoms with van der Waals surface area (Å²) >= 11 is 0. The third-order valence-corrected chi connectivity index (χ3v) is 2.11. The van der Waals surface area contributed by atoms with Crippen LogP contribution in [0.3, 0.4) is 0 Å². The molecule has 0 aliphatic heterocycles. The molecule has 0 spiro atoms. The number of hydrogen-bond acceptors (Lipinski definition) is 3. The largest absolute Gasteiger partial charge is 0.444 e. The van der Waals surface area contributed by atoms with Gasteiger partial charge >= 0.3 is 6.09 Å². The smallest absolute Gasteiger partial charge is 0.414 e.